The van der Waals surface area contributed by atoms with Gasteiger partial charge in [-0.25, -0.2) is 39.3 Å². The molecular formula is C42H46Cl2N18O3. The molecule has 8 N–H and O–H groups in total. The molecule has 2 aliphatic rings. The third-order valence-corrected chi connectivity index (χ3v) is 11.3. The van der Waals surface area contributed by atoms with E-state index in [0.29, 0.717) is 68.5 Å². The molecule has 1 amide bonds. The molecule has 2 fully saturated rings. The van der Waals surface area contributed by atoms with Crippen LogP contribution in [0.25, 0.3) is 45.1 Å². The third kappa shape index (κ3) is 10.1. The van der Waals surface area contributed by atoms with Crippen molar-refractivity contribution in [2.45, 2.75) is 39.0 Å². The van der Waals surface area contributed by atoms with Gasteiger partial charge in [-0.05, 0) is 62.4 Å². The van der Waals surface area contributed by atoms with E-state index in [2.05, 4.69) is 91.2 Å². The highest BCUT2D eigenvalue weighted by Crippen LogP contribution is 2.30. The number of nitrogens with two attached hydrogens (primary N) is 2. The number of carboxylic acid groups (broad SMARTS) is 1. The van der Waals surface area contributed by atoms with Crippen LogP contribution in [0.3, 0.4) is 0 Å². The number of carbonyl (C=O) groups excluding carboxylic acids is 1. The highest BCUT2D eigenvalue weighted by Gasteiger charge is 2.29. The second-order valence-electron chi connectivity index (χ2n) is 15.3. The van der Waals surface area contributed by atoms with Crippen LogP contribution in [0, 0.1) is 0 Å². The van der Waals surface area contributed by atoms with E-state index >= 15 is 0 Å². The van der Waals surface area contributed by atoms with Gasteiger partial charge in [-0.1, -0.05) is 23.2 Å². The molecule has 8 aromatic rings. The van der Waals surface area contributed by atoms with E-state index < -0.39 is 5.97 Å². The number of aliphatic carboxylic acids is 1. The number of anilines is 4. The molecule has 2 aromatic carbocycles. The van der Waals surface area contributed by atoms with Crippen LogP contribution < -0.4 is 26.6 Å². The minimum Gasteiger partial charge on any atom is -0.480 e. The first kappa shape index (κ1) is 44.3. The van der Waals surface area contributed by atoms with Gasteiger partial charge in [0.15, 0.2) is 22.9 Å². The van der Waals surface area contributed by atoms with E-state index in [1.165, 1.54) is 23.0 Å². The lowest BCUT2D eigenvalue weighted by Gasteiger charge is -2.41. The Morgan fingerprint density at radius 1 is 0.692 bits per heavy atom. The zero-order valence-corrected chi connectivity index (χ0v) is 36.9. The van der Waals surface area contributed by atoms with Crippen molar-refractivity contribution in [3.8, 4) is 23.0 Å². The predicted octanol–water partition coefficient (Wildman–Crippen LogP) is 4.21. The van der Waals surface area contributed by atoms with Gasteiger partial charge in [-0.2, -0.15) is 10.2 Å². The number of aromatic amines is 2. The number of piperazine rings is 2. The monoisotopic (exact) mass is 920 g/mol. The standard InChI is InChI=1S/C21H22ClN9O.C11H15ClN2.C10H9N7O2/c1-13-10-29(15-4-2-14(22)3-5-15)8-9-30(13)16(32)11-31-21-17(19(23)26-12-27-21)18(28-31)20-24-6-7-25-20;1-9-8-14(7-6-13-9)11-4-2-10(12)3-5-11;11-8-6-7(9-12-1-2-13-9)16-17(3-5(18)19)10(6)15-4-14-8/h2-7,12-13H,8-11H2,1H3,(H,24,25)(H2,23,26,27);2-5,9,13H,6-8H2,1H3;1-2,4H,3H2,(H,12,13)(H,18,19)(H2,11,14,15)/t13-;9-;/m00./s1. The first-order chi connectivity index (χ1) is 31.4. The third-order valence-electron chi connectivity index (χ3n) is 10.8. The second-order valence-corrected chi connectivity index (χ2v) is 16.2. The van der Waals surface area contributed by atoms with Gasteiger partial charge in [0.2, 0.25) is 5.91 Å². The van der Waals surface area contributed by atoms with E-state index in [1.807, 2.05) is 41.3 Å². The number of H-pyrrole nitrogens is 2. The second kappa shape index (κ2) is 19.6. The van der Waals surface area contributed by atoms with Crippen molar-refractivity contribution >= 4 is 80.2 Å². The molecule has 8 heterocycles. The van der Waals surface area contributed by atoms with Gasteiger partial charge >= 0.3 is 5.97 Å². The largest absolute Gasteiger partial charge is 0.480 e. The smallest absolute Gasteiger partial charge is 0.325 e. The molecule has 0 aliphatic carbocycles. The molecule has 6 aromatic heterocycles. The SMILES string of the molecule is C[C@H]1CN(c2ccc(Cl)cc2)CCN1.C[C@H]1CN(c2ccc(Cl)cc2)CCN1C(=O)Cn1nc(-c2ncc[nH]2)c2c(N)ncnc21.Nc1ncnc2c1c(-c1ncc[nH]1)nn2CC(=O)O. The first-order valence-electron chi connectivity index (χ1n) is 20.6. The summed E-state index contributed by atoms with van der Waals surface area (Å²) in [6, 6.07) is 16.4. The number of rotatable bonds is 8. The van der Waals surface area contributed by atoms with Gasteiger partial charge in [0.05, 0.1) is 10.8 Å². The molecule has 0 bridgehead atoms. The zero-order chi connectivity index (χ0) is 45.6. The number of hydrogen-bond acceptors (Lipinski definition) is 15. The molecule has 65 heavy (non-hydrogen) atoms. The number of aromatic nitrogens is 12. The number of amides is 1. The molecule has 21 nitrogen and oxygen atoms in total. The number of nitrogens with one attached hydrogen (secondary N) is 3. The lowest BCUT2D eigenvalue weighted by atomic mass is 10.1. The number of benzene rings is 2. The van der Waals surface area contributed by atoms with Crippen molar-refractivity contribution in [3.63, 3.8) is 0 Å². The molecule has 2 saturated heterocycles. The quantitative estimate of drug-likeness (QED) is 0.125. The molecule has 2 aliphatic heterocycles. The summed E-state index contributed by atoms with van der Waals surface area (Å²) in [5.74, 6) is 0.509. The molecule has 0 spiro atoms. The minimum atomic E-state index is -1.02. The molecule has 2 atom stereocenters. The molecule has 23 heteroatoms. The topological polar surface area (TPSA) is 273 Å². The Kier molecular flexibility index (Phi) is 13.3. The van der Waals surface area contributed by atoms with E-state index in [9.17, 15) is 9.59 Å². The minimum absolute atomic E-state index is 0.0270. The van der Waals surface area contributed by atoms with Crippen molar-refractivity contribution in [1.29, 1.82) is 0 Å². The first-order valence-corrected chi connectivity index (χ1v) is 21.4. The fourth-order valence-electron chi connectivity index (χ4n) is 7.78. The summed E-state index contributed by atoms with van der Waals surface area (Å²) in [5, 5.41) is 23.7. The Bertz CT molecular complexity index is 2870. The maximum atomic E-state index is 13.2. The van der Waals surface area contributed by atoms with Crippen LogP contribution in [0.15, 0.2) is 86.0 Å². The Hall–Kier alpha value is -7.36. The van der Waals surface area contributed by atoms with E-state index in [4.69, 9.17) is 39.8 Å². The van der Waals surface area contributed by atoms with E-state index in [0.717, 1.165) is 43.4 Å². The van der Waals surface area contributed by atoms with Crippen molar-refractivity contribution in [3.05, 3.63) is 96.0 Å². The number of imidazole rings is 2. The van der Waals surface area contributed by atoms with Gasteiger partial charge in [0.1, 0.15) is 48.8 Å². The van der Waals surface area contributed by atoms with Crippen molar-refractivity contribution in [1.82, 2.24) is 69.6 Å². The van der Waals surface area contributed by atoms with Gasteiger partial charge < -0.3 is 46.6 Å². The molecule has 0 unspecified atom stereocenters. The number of fused-ring (bicyclic) bond motifs is 2. The van der Waals surface area contributed by atoms with Crippen LogP contribution >= 0.6 is 23.2 Å². The lowest BCUT2D eigenvalue weighted by Crippen LogP contribution is -2.54. The van der Waals surface area contributed by atoms with Gasteiger partial charge in [-0.3, -0.25) is 9.59 Å². The summed E-state index contributed by atoms with van der Waals surface area (Å²) >= 11 is 11.9. The fraction of sp³-hybridized carbons (Fsp3) is 0.286. The normalized spacial score (nSPS) is 16.2. The Morgan fingerprint density at radius 3 is 1.66 bits per heavy atom. The summed E-state index contributed by atoms with van der Waals surface area (Å²) in [5.41, 5.74) is 16.1. The Labute approximate surface area is 381 Å². The van der Waals surface area contributed by atoms with Crippen LogP contribution in [0.1, 0.15) is 13.8 Å². The molecule has 0 saturated carbocycles. The van der Waals surface area contributed by atoms with Gasteiger partial charge in [0.25, 0.3) is 0 Å². The van der Waals surface area contributed by atoms with E-state index in [1.54, 1.807) is 29.5 Å². The van der Waals surface area contributed by atoms with Crippen molar-refractivity contribution in [2.75, 3.05) is 60.5 Å². The van der Waals surface area contributed by atoms with Crippen molar-refractivity contribution < 1.29 is 14.7 Å². The van der Waals surface area contributed by atoms with E-state index in [-0.39, 0.29) is 30.9 Å². The fourth-order valence-corrected chi connectivity index (χ4v) is 8.03. The molecular weight excluding hydrogens is 875 g/mol. The Morgan fingerprint density at radius 2 is 1.20 bits per heavy atom. The van der Waals surface area contributed by atoms with Gasteiger partial charge in [0, 0.05) is 97.6 Å². The highest BCUT2D eigenvalue weighted by atomic mass is 35.5. The predicted molar refractivity (Wildman–Crippen MR) is 248 cm³/mol. The maximum absolute atomic E-state index is 13.2. The van der Waals surface area contributed by atoms with Crippen LogP contribution in [-0.4, -0.2) is 133 Å². The van der Waals surface area contributed by atoms with Crippen LogP contribution in [0.5, 0.6) is 0 Å². The summed E-state index contributed by atoms with van der Waals surface area (Å²) < 4.78 is 2.83. The number of carbonyl (C=O) groups is 2. The molecule has 336 valence electrons. The summed E-state index contributed by atoms with van der Waals surface area (Å²) in [6.45, 7) is 9.30. The number of halogens is 2. The summed E-state index contributed by atoms with van der Waals surface area (Å²) in [6.07, 6.45) is 9.18. The van der Waals surface area contributed by atoms with Crippen molar-refractivity contribution in [2.24, 2.45) is 0 Å². The number of carboxylic acids is 1. The van der Waals surface area contributed by atoms with Crippen LogP contribution in [0.2, 0.25) is 10.0 Å². The lowest BCUT2D eigenvalue weighted by molar-refractivity contribution is -0.138. The summed E-state index contributed by atoms with van der Waals surface area (Å²) in [4.78, 5) is 61.2. The average molecular weight is 922 g/mol. The Balaban J connectivity index is 0.000000147. The average Bonchev–Trinajstić information content (AvgIpc) is 4.13. The number of nitrogen functional groups attached to an aromatic ring is 2. The number of nitrogens with zero attached hydrogens (tertiary/aromatic N) is 13. The highest BCUT2D eigenvalue weighted by molar-refractivity contribution is 6.30. The molecule has 0 radical (unpaired) electrons. The van der Waals surface area contributed by atoms with Crippen LogP contribution in [0.4, 0.5) is 23.0 Å². The zero-order valence-electron chi connectivity index (χ0n) is 35.4. The molecule has 10 rings (SSSR count). The maximum Gasteiger partial charge on any atom is 0.325 e. The van der Waals surface area contributed by atoms with Crippen LogP contribution in [-0.2, 0) is 22.7 Å². The number of hydrogen-bond donors (Lipinski definition) is 6. The summed E-state index contributed by atoms with van der Waals surface area (Å²) in [7, 11) is 0. The van der Waals surface area contributed by atoms with Gasteiger partial charge in [-0.15, -0.1) is 0 Å².